The van der Waals surface area contributed by atoms with Crippen molar-refractivity contribution in [1.82, 2.24) is 5.32 Å². The highest BCUT2D eigenvalue weighted by atomic mass is 35.5. The molecule has 1 N–H and O–H groups in total. The summed E-state index contributed by atoms with van der Waals surface area (Å²) in [7, 11) is -4.00. The Balaban J connectivity index is 1.97. The van der Waals surface area contributed by atoms with Crippen LogP contribution in [0.15, 0.2) is 77.7 Å². The van der Waals surface area contributed by atoms with E-state index in [0.717, 1.165) is 15.4 Å². The molecule has 3 aromatic carbocycles. The molecule has 0 heterocycles. The molecule has 168 valence electrons. The van der Waals surface area contributed by atoms with Gasteiger partial charge in [-0.2, -0.15) is 0 Å². The number of benzene rings is 3. The minimum absolute atomic E-state index is 0.116. The minimum atomic E-state index is -4.00. The molecule has 3 aromatic rings. The van der Waals surface area contributed by atoms with Crippen LogP contribution in [0.3, 0.4) is 0 Å². The van der Waals surface area contributed by atoms with Crippen LogP contribution in [0.1, 0.15) is 36.1 Å². The second kappa shape index (κ2) is 10.2. The molecule has 0 aromatic heterocycles. The number of amides is 1. The molecule has 5 nitrogen and oxygen atoms in total. The van der Waals surface area contributed by atoms with Crippen LogP contribution in [-0.4, -0.2) is 20.9 Å². The van der Waals surface area contributed by atoms with Crippen molar-refractivity contribution in [2.75, 3.05) is 10.8 Å². The standard InChI is InChI=1S/C25H27ClN2O3S/c1-4-23(20-9-6-5-7-10-20)27-25(29)17-28(24-12-8-11-22(26)19(24)3)32(30,31)21-15-13-18(2)14-16-21/h5-16,23H,4,17H2,1-3H3,(H,27,29). The molecule has 0 fully saturated rings. The number of hydrogen-bond donors (Lipinski definition) is 1. The summed E-state index contributed by atoms with van der Waals surface area (Å²) in [6.07, 6.45) is 0.677. The Hall–Kier alpha value is -2.83. The van der Waals surface area contributed by atoms with Gasteiger partial charge in [0.25, 0.3) is 10.0 Å². The number of nitrogens with zero attached hydrogens (tertiary/aromatic N) is 1. The van der Waals surface area contributed by atoms with Crippen LogP contribution in [0.25, 0.3) is 0 Å². The van der Waals surface area contributed by atoms with Crippen LogP contribution in [0.2, 0.25) is 5.02 Å². The lowest BCUT2D eigenvalue weighted by molar-refractivity contribution is -0.120. The molecule has 0 aliphatic heterocycles. The SMILES string of the molecule is CCC(NC(=O)CN(c1cccc(Cl)c1C)S(=O)(=O)c1ccc(C)cc1)c1ccccc1. The van der Waals surface area contributed by atoms with Crippen LogP contribution in [-0.2, 0) is 14.8 Å². The molecule has 0 bridgehead atoms. The lowest BCUT2D eigenvalue weighted by Crippen LogP contribution is -2.42. The zero-order valence-electron chi connectivity index (χ0n) is 18.4. The molecule has 0 saturated carbocycles. The summed E-state index contributed by atoms with van der Waals surface area (Å²) in [6, 6.07) is 21.0. The van der Waals surface area contributed by atoms with Gasteiger partial charge in [0.2, 0.25) is 5.91 Å². The molecular formula is C25H27ClN2O3S. The highest BCUT2D eigenvalue weighted by molar-refractivity contribution is 7.92. The van der Waals surface area contributed by atoms with Gasteiger partial charge in [-0.1, -0.05) is 72.6 Å². The van der Waals surface area contributed by atoms with E-state index in [1.54, 1.807) is 49.4 Å². The molecule has 0 radical (unpaired) electrons. The molecular weight excluding hydrogens is 444 g/mol. The van der Waals surface area contributed by atoms with E-state index < -0.39 is 15.9 Å². The van der Waals surface area contributed by atoms with E-state index in [-0.39, 0.29) is 17.5 Å². The number of aryl methyl sites for hydroxylation is 1. The summed E-state index contributed by atoms with van der Waals surface area (Å²) in [5.74, 6) is -0.393. The maximum absolute atomic E-state index is 13.6. The minimum Gasteiger partial charge on any atom is -0.348 e. The van der Waals surface area contributed by atoms with Crippen molar-refractivity contribution in [3.05, 3.63) is 94.5 Å². The van der Waals surface area contributed by atoms with E-state index >= 15 is 0 Å². The Morgan fingerprint density at radius 2 is 1.62 bits per heavy atom. The van der Waals surface area contributed by atoms with Crippen LogP contribution >= 0.6 is 11.6 Å². The predicted molar refractivity (Wildman–Crippen MR) is 130 cm³/mol. The lowest BCUT2D eigenvalue weighted by Gasteiger charge is -2.27. The fraction of sp³-hybridized carbons (Fsp3) is 0.240. The number of carbonyl (C=O) groups is 1. The molecule has 1 amide bonds. The molecule has 32 heavy (non-hydrogen) atoms. The quantitative estimate of drug-likeness (QED) is 0.478. The van der Waals surface area contributed by atoms with Crippen molar-refractivity contribution < 1.29 is 13.2 Å². The Labute approximate surface area is 195 Å². The van der Waals surface area contributed by atoms with Crippen molar-refractivity contribution in [3.63, 3.8) is 0 Å². The average Bonchev–Trinajstić information content (AvgIpc) is 2.79. The zero-order chi connectivity index (χ0) is 23.3. The number of hydrogen-bond acceptors (Lipinski definition) is 3. The monoisotopic (exact) mass is 470 g/mol. The van der Waals surface area contributed by atoms with Gasteiger partial charge in [-0.05, 0) is 55.7 Å². The molecule has 0 saturated heterocycles. The largest absolute Gasteiger partial charge is 0.348 e. The first-order valence-electron chi connectivity index (χ1n) is 10.4. The first kappa shape index (κ1) is 23.8. The van der Waals surface area contributed by atoms with Gasteiger partial charge in [0.05, 0.1) is 16.6 Å². The normalized spacial score (nSPS) is 12.2. The predicted octanol–water partition coefficient (Wildman–Crippen LogP) is 5.42. The maximum atomic E-state index is 13.6. The second-order valence-electron chi connectivity index (χ2n) is 7.65. The van der Waals surface area contributed by atoms with Crippen LogP contribution in [0, 0.1) is 13.8 Å². The second-order valence-corrected chi connectivity index (χ2v) is 9.92. The van der Waals surface area contributed by atoms with Gasteiger partial charge >= 0.3 is 0 Å². The van der Waals surface area contributed by atoms with Gasteiger partial charge in [-0.3, -0.25) is 9.10 Å². The zero-order valence-corrected chi connectivity index (χ0v) is 20.0. The Morgan fingerprint density at radius 3 is 2.25 bits per heavy atom. The number of anilines is 1. The summed E-state index contributed by atoms with van der Waals surface area (Å²) in [4.78, 5) is 13.2. The number of nitrogens with one attached hydrogen (secondary N) is 1. The first-order valence-corrected chi connectivity index (χ1v) is 12.2. The maximum Gasteiger partial charge on any atom is 0.264 e. The van der Waals surface area contributed by atoms with Crippen molar-refractivity contribution in [3.8, 4) is 0 Å². The fourth-order valence-corrected chi connectivity index (χ4v) is 5.13. The van der Waals surface area contributed by atoms with Gasteiger partial charge in [0.1, 0.15) is 6.54 Å². The van der Waals surface area contributed by atoms with E-state index in [2.05, 4.69) is 5.32 Å². The van der Waals surface area contributed by atoms with E-state index in [0.29, 0.717) is 22.7 Å². The molecule has 0 spiro atoms. The summed E-state index contributed by atoms with van der Waals surface area (Å²) in [5, 5.41) is 3.41. The molecule has 1 atom stereocenters. The van der Waals surface area contributed by atoms with Crippen molar-refractivity contribution in [2.45, 2.75) is 38.1 Å². The molecule has 3 rings (SSSR count). The van der Waals surface area contributed by atoms with E-state index in [4.69, 9.17) is 11.6 Å². The number of halogens is 1. The Kier molecular flexibility index (Phi) is 7.59. The van der Waals surface area contributed by atoms with E-state index in [1.807, 2.05) is 44.2 Å². The third-order valence-electron chi connectivity index (χ3n) is 5.35. The van der Waals surface area contributed by atoms with Gasteiger partial charge in [-0.25, -0.2) is 8.42 Å². The highest BCUT2D eigenvalue weighted by Gasteiger charge is 2.29. The summed E-state index contributed by atoms with van der Waals surface area (Å²) >= 11 is 6.28. The number of carbonyl (C=O) groups excluding carboxylic acids is 1. The Morgan fingerprint density at radius 1 is 0.969 bits per heavy atom. The topological polar surface area (TPSA) is 66.5 Å². The fourth-order valence-electron chi connectivity index (χ4n) is 3.48. The van der Waals surface area contributed by atoms with Crippen molar-refractivity contribution in [1.29, 1.82) is 0 Å². The van der Waals surface area contributed by atoms with Crippen molar-refractivity contribution in [2.24, 2.45) is 0 Å². The summed E-state index contributed by atoms with van der Waals surface area (Å²) < 4.78 is 28.3. The molecule has 7 heteroatoms. The Bertz CT molecular complexity index is 1180. The van der Waals surface area contributed by atoms with E-state index in [9.17, 15) is 13.2 Å². The van der Waals surface area contributed by atoms with Crippen LogP contribution in [0.5, 0.6) is 0 Å². The van der Waals surface area contributed by atoms with E-state index in [1.165, 1.54) is 0 Å². The van der Waals surface area contributed by atoms with Gasteiger partial charge in [0.15, 0.2) is 0 Å². The smallest absolute Gasteiger partial charge is 0.264 e. The molecule has 0 aliphatic rings. The number of sulfonamides is 1. The summed E-state index contributed by atoms with van der Waals surface area (Å²) in [6.45, 7) is 5.24. The van der Waals surface area contributed by atoms with Crippen molar-refractivity contribution >= 4 is 33.2 Å². The summed E-state index contributed by atoms with van der Waals surface area (Å²) in [5.41, 5.74) is 2.88. The number of rotatable bonds is 8. The average molecular weight is 471 g/mol. The highest BCUT2D eigenvalue weighted by Crippen LogP contribution is 2.31. The van der Waals surface area contributed by atoms with Crippen LogP contribution < -0.4 is 9.62 Å². The molecule has 0 aliphatic carbocycles. The third-order valence-corrected chi connectivity index (χ3v) is 7.53. The first-order chi connectivity index (χ1) is 15.2. The van der Waals surface area contributed by atoms with Gasteiger partial charge < -0.3 is 5.32 Å². The van der Waals surface area contributed by atoms with Gasteiger partial charge in [-0.15, -0.1) is 0 Å². The van der Waals surface area contributed by atoms with Gasteiger partial charge in [0, 0.05) is 5.02 Å². The van der Waals surface area contributed by atoms with Crippen LogP contribution in [0.4, 0.5) is 5.69 Å². The third kappa shape index (κ3) is 5.31. The lowest BCUT2D eigenvalue weighted by atomic mass is 10.0. The molecule has 1 unspecified atom stereocenters.